The van der Waals surface area contributed by atoms with Crippen LogP contribution >= 0.6 is 0 Å². The lowest BCUT2D eigenvalue weighted by Gasteiger charge is -2.09. The van der Waals surface area contributed by atoms with E-state index in [0.29, 0.717) is 19.0 Å². The molecule has 0 fully saturated rings. The van der Waals surface area contributed by atoms with E-state index >= 15 is 0 Å². The number of carbonyl (C=O) groups excluding carboxylic acids is 1. The molecule has 0 aliphatic rings. The zero-order valence-corrected chi connectivity index (χ0v) is 16.5. The lowest BCUT2D eigenvalue weighted by molar-refractivity contribution is 0.102. The van der Waals surface area contributed by atoms with Crippen LogP contribution < -0.4 is 20.1 Å². The maximum Gasteiger partial charge on any atom is 0.276 e. The van der Waals surface area contributed by atoms with Gasteiger partial charge in [-0.2, -0.15) is 0 Å². The van der Waals surface area contributed by atoms with Crippen molar-refractivity contribution in [3.63, 3.8) is 0 Å². The van der Waals surface area contributed by atoms with Crippen LogP contribution in [0.25, 0.3) is 0 Å². The number of aromatic nitrogens is 2. The minimum Gasteiger partial charge on any atom is -0.497 e. The third kappa shape index (κ3) is 5.93. The van der Waals surface area contributed by atoms with Gasteiger partial charge in [0, 0.05) is 5.69 Å². The van der Waals surface area contributed by atoms with Crippen molar-refractivity contribution in [3.8, 4) is 11.5 Å². The highest BCUT2D eigenvalue weighted by Crippen LogP contribution is 2.17. The zero-order valence-electron chi connectivity index (χ0n) is 16.5. The Kier molecular flexibility index (Phi) is 7.00. The number of hydrogen-bond acceptors (Lipinski definition) is 6. The molecule has 0 unspecified atom stereocenters. The molecule has 0 saturated carbocycles. The second-order valence-electron chi connectivity index (χ2n) is 6.26. The van der Waals surface area contributed by atoms with Crippen molar-refractivity contribution >= 4 is 17.4 Å². The Morgan fingerprint density at radius 2 is 1.66 bits per heavy atom. The molecule has 0 bridgehead atoms. The molecular formula is C22H24N4O3. The highest BCUT2D eigenvalue weighted by Gasteiger charge is 2.08. The van der Waals surface area contributed by atoms with Crippen molar-refractivity contribution in [2.24, 2.45) is 0 Å². The Bertz CT molecular complexity index is 910. The first-order valence-corrected chi connectivity index (χ1v) is 9.42. The number of nitrogens with zero attached hydrogens (tertiary/aromatic N) is 2. The topological polar surface area (TPSA) is 85.4 Å². The number of hydrogen-bond donors (Lipinski definition) is 2. The molecule has 1 amide bonds. The maximum absolute atomic E-state index is 12.3. The summed E-state index contributed by atoms with van der Waals surface area (Å²) in [6, 6.07) is 18.5. The number of ether oxygens (including phenoxy) is 2. The van der Waals surface area contributed by atoms with Gasteiger partial charge in [0.25, 0.3) is 5.91 Å². The van der Waals surface area contributed by atoms with Gasteiger partial charge < -0.3 is 20.1 Å². The van der Waals surface area contributed by atoms with E-state index in [1.165, 1.54) is 5.56 Å². The van der Waals surface area contributed by atoms with Crippen LogP contribution in [0.4, 0.5) is 11.5 Å². The summed E-state index contributed by atoms with van der Waals surface area (Å²) in [5, 5.41) is 14.0. The lowest BCUT2D eigenvalue weighted by atomic mass is 10.1. The molecule has 1 aromatic heterocycles. The van der Waals surface area contributed by atoms with Crippen LogP contribution in [0, 0.1) is 0 Å². The number of nitrogens with one attached hydrogen (secondary N) is 2. The van der Waals surface area contributed by atoms with E-state index < -0.39 is 0 Å². The van der Waals surface area contributed by atoms with Gasteiger partial charge in [0.05, 0.1) is 13.7 Å². The maximum atomic E-state index is 12.3. The summed E-state index contributed by atoms with van der Waals surface area (Å²) in [5.41, 5.74) is 2.20. The first-order valence-electron chi connectivity index (χ1n) is 9.42. The average molecular weight is 392 g/mol. The Balaban J connectivity index is 1.44. The van der Waals surface area contributed by atoms with Crippen molar-refractivity contribution in [1.29, 1.82) is 0 Å². The van der Waals surface area contributed by atoms with Crippen LogP contribution in [-0.2, 0) is 6.42 Å². The number of anilines is 2. The third-order valence-corrected chi connectivity index (χ3v) is 4.25. The van der Waals surface area contributed by atoms with E-state index in [4.69, 9.17) is 9.47 Å². The van der Waals surface area contributed by atoms with Gasteiger partial charge >= 0.3 is 0 Å². The van der Waals surface area contributed by atoms with Crippen molar-refractivity contribution in [1.82, 2.24) is 10.2 Å². The second kappa shape index (κ2) is 10.1. The predicted octanol–water partition coefficient (Wildman–Crippen LogP) is 3.79. The number of benzene rings is 2. The van der Waals surface area contributed by atoms with Crippen molar-refractivity contribution in [3.05, 3.63) is 71.9 Å². The van der Waals surface area contributed by atoms with Crippen molar-refractivity contribution in [2.45, 2.75) is 13.3 Å². The van der Waals surface area contributed by atoms with Gasteiger partial charge in [-0.05, 0) is 60.5 Å². The summed E-state index contributed by atoms with van der Waals surface area (Å²) >= 11 is 0. The molecule has 0 atom stereocenters. The SMILES string of the molecule is CCc1ccc(NC(=O)c2ccc(NCCOc3ccc(OC)cc3)nn2)cc1. The molecule has 0 aliphatic carbocycles. The van der Waals surface area contributed by atoms with Gasteiger partial charge in [-0.15, -0.1) is 10.2 Å². The van der Waals surface area contributed by atoms with Gasteiger partial charge in [-0.1, -0.05) is 19.1 Å². The fourth-order valence-corrected chi connectivity index (χ4v) is 2.59. The van der Waals surface area contributed by atoms with E-state index in [0.717, 1.165) is 23.6 Å². The molecule has 2 aromatic carbocycles. The van der Waals surface area contributed by atoms with E-state index in [1.807, 2.05) is 48.5 Å². The number of methoxy groups -OCH3 is 1. The predicted molar refractivity (Wildman–Crippen MR) is 113 cm³/mol. The normalized spacial score (nSPS) is 10.3. The fourth-order valence-electron chi connectivity index (χ4n) is 2.59. The highest BCUT2D eigenvalue weighted by molar-refractivity contribution is 6.02. The molecule has 1 heterocycles. The summed E-state index contributed by atoms with van der Waals surface area (Å²) in [5.74, 6) is 1.83. The first-order chi connectivity index (χ1) is 14.2. The van der Waals surface area contributed by atoms with Crippen LogP contribution in [0.3, 0.4) is 0 Å². The molecule has 3 aromatic rings. The van der Waals surface area contributed by atoms with Crippen LogP contribution in [0.5, 0.6) is 11.5 Å². The van der Waals surface area contributed by atoms with Gasteiger partial charge in [0.15, 0.2) is 5.69 Å². The Morgan fingerprint density at radius 3 is 2.28 bits per heavy atom. The molecule has 0 aliphatic heterocycles. The molecule has 3 rings (SSSR count). The molecule has 0 saturated heterocycles. The fraction of sp³-hybridized carbons (Fsp3) is 0.227. The summed E-state index contributed by atoms with van der Waals surface area (Å²) in [6.07, 6.45) is 0.958. The van der Waals surface area contributed by atoms with E-state index in [1.54, 1.807) is 19.2 Å². The minimum absolute atomic E-state index is 0.254. The minimum atomic E-state index is -0.295. The smallest absolute Gasteiger partial charge is 0.276 e. The number of carbonyl (C=O) groups is 1. The van der Waals surface area contributed by atoms with Crippen molar-refractivity contribution in [2.75, 3.05) is 30.9 Å². The number of aryl methyl sites for hydroxylation is 1. The van der Waals surface area contributed by atoms with Gasteiger partial charge in [0.1, 0.15) is 23.9 Å². The zero-order chi connectivity index (χ0) is 20.5. The highest BCUT2D eigenvalue weighted by atomic mass is 16.5. The van der Waals surface area contributed by atoms with E-state index in [2.05, 4.69) is 27.8 Å². The molecular weight excluding hydrogens is 368 g/mol. The monoisotopic (exact) mass is 392 g/mol. The third-order valence-electron chi connectivity index (χ3n) is 4.25. The van der Waals surface area contributed by atoms with Crippen LogP contribution in [0.2, 0.25) is 0 Å². The summed E-state index contributed by atoms with van der Waals surface area (Å²) < 4.78 is 10.8. The molecule has 150 valence electrons. The van der Waals surface area contributed by atoms with Crippen LogP contribution in [-0.4, -0.2) is 36.4 Å². The molecule has 29 heavy (non-hydrogen) atoms. The Hall–Kier alpha value is -3.61. The Labute approximate surface area is 170 Å². The first kappa shape index (κ1) is 20.1. The van der Waals surface area contributed by atoms with Crippen LogP contribution in [0.1, 0.15) is 23.0 Å². The molecule has 0 spiro atoms. The summed E-state index contributed by atoms with van der Waals surface area (Å²) in [7, 11) is 1.62. The van der Waals surface area contributed by atoms with Crippen LogP contribution in [0.15, 0.2) is 60.7 Å². The summed E-state index contributed by atoms with van der Waals surface area (Å²) in [4.78, 5) is 12.3. The number of amides is 1. The quantitative estimate of drug-likeness (QED) is 0.539. The van der Waals surface area contributed by atoms with Gasteiger partial charge in [-0.25, -0.2) is 0 Å². The number of rotatable bonds is 9. The molecule has 0 radical (unpaired) electrons. The standard InChI is InChI=1S/C22H24N4O3/c1-3-16-4-6-17(7-5-16)24-22(27)20-12-13-21(26-25-20)23-14-15-29-19-10-8-18(28-2)9-11-19/h4-13H,3,14-15H2,1-2H3,(H,23,26)(H,24,27). The Morgan fingerprint density at radius 1 is 0.931 bits per heavy atom. The van der Waals surface area contributed by atoms with Gasteiger partial charge in [0.2, 0.25) is 0 Å². The molecule has 7 nitrogen and oxygen atoms in total. The second-order valence-corrected chi connectivity index (χ2v) is 6.26. The van der Waals surface area contributed by atoms with Crippen molar-refractivity contribution < 1.29 is 14.3 Å². The lowest BCUT2D eigenvalue weighted by Crippen LogP contribution is -2.16. The largest absolute Gasteiger partial charge is 0.497 e. The molecule has 7 heteroatoms. The molecule has 2 N–H and O–H groups in total. The van der Waals surface area contributed by atoms with Gasteiger partial charge in [-0.3, -0.25) is 4.79 Å². The van der Waals surface area contributed by atoms with E-state index in [9.17, 15) is 4.79 Å². The average Bonchev–Trinajstić information content (AvgIpc) is 2.78. The van der Waals surface area contributed by atoms with E-state index in [-0.39, 0.29) is 11.6 Å². The summed E-state index contributed by atoms with van der Waals surface area (Å²) in [6.45, 7) is 3.10.